The van der Waals surface area contributed by atoms with E-state index in [0.717, 1.165) is 21.6 Å². The second-order valence-electron chi connectivity index (χ2n) is 29.2. The van der Waals surface area contributed by atoms with Crippen LogP contribution in [0.2, 0.25) is 0 Å². The van der Waals surface area contributed by atoms with E-state index in [1.807, 2.05) is 0 Å². The number of methoxy groups -OCH3 is 2. The van der Waals surface area contributed by atoms with Gasteiger partial charge in [0.05, 0.1) is 97.4 Å². The topological polar surface area (TPSA) is 667 Å². The highest BCUT2D eigenvalue weighted by molar-refractivity contribution is 8.76. The highest BCUT2D eigenvalue weighted by Gasteiger charge is 2.53. The molecule has 0 unspecified atom stereocenters. The number of carbonyl (C=O) groups excluding carboxylic acids is 9. The fraction of sp³-hybridized carbons (Fsp3) is 0.513. The Morgan fingerprint density at radius 1 is 0.588 bits per heavy atom. The van der Waals surface area contributed by atoms with Gasteiger partial charge in [-0.1, -0.05) is 56.2 Å². The van der Waals surface area contributed by atoms with Crippen molar-refractivity contribution in [2.24, 2.45) is 27.5 Å². The molecule has 0 aromatic heterocycles. The zero-order valence-electron chi connectivity index (χ0n) is 64.7. The molecule has 0 radical (unpaired) electrons. The first kappa shape index (κ1) is 91.1. The summed E-state index contributed by atoms with van der Waals surface area (Å²) >= 11 is 0. The van der Waals surface area contributed by atoms with E-state index < -0.39 is 277 Å². The monoisotopic (exact) mass is 1710 g/mol. The Labute approximate surface area is 685 Å². The number of benzene rings is 4. The molecule has 15 atom stereocenters. The van der Waals surface area contributed by atoms with Crippen LogP contribution >= 0.6 is 21.6 Å². The molecule has 4 aromatic rings. The lowest BCUT2D eigenvalue weighted by Gasteiger charge is -2.42. The number of aromatic hydroxyl groups is 4. The van der Waals surface area contributed by atoms with Crippen molar-refractivity contribution in [2.45, 2.75) is 175 Å². The van der Waals surface area contributed by atoms with Crippen LogP contribution in [0.5, 0.6) is 34.5 Å². The zero-order chi connectivity index (χ0) is 86.8. The van der Waals surface area contributed by atoms with Gasteiger partial charge in [-0.05, 0) is 51.7 Å². The number of fused-ring (bicyclic) bond motifs is 6. The smallest absolute Gasteiger partial charge is 0.322 e. The molecular weight excluding hydrogens is 1610 g/mol. The number of carbonyl (C=O) groups is 11. The first-order chi connectivity index (χ1) is 56.5. The number of amides is 5. The predicted octanol–water partition coefficient (Wildman–Crippen LogP) is -2.23. The highest BCUT2D eigenvalue weighted by atomic mass is 33.1. The molecule has 4 aromatic carbocycles. The van der Waals surface area contributed by atoms with E-state index >= 15 is 0 Å². The van der Waals surface area contributed by atoms with Gasteiger partial charge >= 0.3 is 11.9 Å². The molecule has 2 aliphatic heterocycles. The van der Waals surface area contributed by atoms with Crippen molar-refractivity contribution in [1.29, 1.82) is 0 Å². The number of nitrogens with one attached hydrogen (secondary N) is 5. The quantitative estimate of drug-likeness (QED) is 0.00645. The van der Waals surface area contributed by atoms with Crippen LogP contribution in [0.15, 0.2) is 46.7 Å². The molecular formula is C76H94N10O31S2. The Morgan fingerprint density at radius 2 is 1.05 bits per heavy atom. The Balaban J connectivity index is 0.820. The number of carboxylic acid groups (broad SMARTS) is 2. The third-order valence-corrected chi connectivity index (χ3v) is 23.6. The largest absolute Gasteiger partial charge is 0.507 e. The lowest BCUT2D eigenvalue weighted by atomic mass is 9.71. The molecule has 646 valence electrons. The van der Waals surface area contributed by atoms with E-state index in [2.05, 4.69) is 36.9 Å². The van der Waals surface area contributed by atoms with Crippen molar-refractivity contribution >= 4 is 97.6 Å². The normalized spacial score (nSPS) is 24.6. The standard InChI is InChI=1S/C76H94N10O31S2/c1-31-62(94)38(78)19-52(114-31)116-44-23-75(108,21-35-56(44)70(102)60-58(66(35)98)64(96)33-9-7-12-42(110-3)54(33)68(60)100)46(26-87)85-112-28-49(90)80-16-6-5-11-40(72(104)81-17-18-118-119-30-41(73(105)82-25-51(92)93)84-48(89)15-14-37(77)74(106)107)83-50(91)29-113-86-47(27-88)76(109)22-36-57(45(24-76)117-53-20-39(79)63(95)32(2)115-53)71(103)61-59(67(36)99)65(97)34-10-8-13-43(111-4)55(34)69(61)101/h7-10,12-13,31-32,37-41,44-45,52-53,62-63,87-88,94-95,98-99,102-103,108-109H,5-6,11,14-30,77-79H2,1-4H3,(H,80,90)(H,81,104)(H,82,105)(H,83,91)(H,84,89)(H,92,93)(H,106,107)/b85-46+,86-47+/t31-,32-,37+,38-,39-,40-,41-,44-,45-,52-,53-,62+,63+,75-,76-/m0/s1. The lowest BCUT2D eigenvalue weighted by molar-refractivity contribution is -0.246. The van der Waals surface area contributed by atoms with Crippen LogP contribution in [-0.2, 0) is 75.0 Å². The lowest BCUT2D eigenvalue weighted by Crippen LogP contribution is -2.53. The van der Waals surface area contributed by atoms with Crippen molar-refractivity contribution in [2.75, 3.05) is 71.8 Å². The number of rotatable bonds is 37. The van der Waals surface area contributed by atoms with Crippen LogP contribution in [0, 0.1) is 0 Å². The minimum absolute atomic E-state index is 0.00369. The van der Waals surface area contributed by atoms with Crippen molar-refractivity contribution in [3.63, 3.8) is 0 Å². The minimum Gasteiger partial charge on any atom is -0.507 e. The Hall–Kier alpha value is -10.2. The number of phenols is 4. The molecule has 0 saturated carbocycles. The number of hydrogen-bond acceptors (Lipinski definition) is 36. The van der Waals surface area contributed by atoms with E-state index in [1.54, 1.807) is 0 Å². The van der Waals surface area contributed by atoms with Gasteiger partial charge in [-0.25, -0.2) is 0 Å². The molecule has 0 bridgehead atoms. The van der Waals surface area contributed by atoms with E-state index in [1.165, 1.54) is 64.5 Å². The molecule has 4 aliphatic carbocycles. The Kier molecular flexibility index (Phi) is 30.1. The fourth-order valence-corrected chi connectivity index (χ4v) is 17.1. The maximum Gasteiger partial charge on any atom is 0.322 e. The number of aliphatic hydroxyl groups is 6. The Morgan fingerprint density at radius 3 is 1.50 bits per heavy atom. The molecule has 6 aliphatic rings. The average molecular weight is 1710 g/mol. The summed E-state index contributed by atoms with van der Waals surface area (Å²) in [5, 5.41) is 155. The summed E-state index contributed by atoms with van der Waals surface area (Å²) < 4.78 is 35.2. The number of hydrogen-bond donors (Lipinski definition) is 20. The Bertz CT molecular complexity index is 4640. The minimum atomic E-state index is -2.45. The molecule has 5 amide bonds. The molecule has 41 nitrogen and oxygen atoms in total. The van der Waals surface area contributed by atoms with Crippen molar-refractivity contribution in [3.8, 4) is 34.5 Å². The van der Waals surface area contributed by atoms with Gasteiger partial charge in [-0.15, -0.1) is 0 Å². The van der Waals surface area contributed by atoms with Gasteiger partial charge in [-0.2, -0.15) is 0 Å². The number of aliphatic carboxylic acids is 2. The summed E-state index contributed by atoms with van der Waals surface area (Å²) in [5.41, 5.74) is 7.65. The number of oxime groups is 2. The molecule has 2 saturated heterocycles. The number of ketones is 4. The third kappa shape index (κ3) is 20.1. The van der Waals surface area contributed by atoms with Crippen LogP contribution < -0.4 is 53.3 Å². The number of phenolic OH excluding ortho intramolecular Hbond substituents is 4. The number of carboxylic acids is 2. The van der Waals surface area contributed by atoms with Crippen molar-refractivity contribution in [1.82, 2.24) is 26.6 Å². The van der Waals surface area contributed by atoms with Crippen molar-refractivity contribution in [3.05, 3.63) is 103 Å². The van der Waals surface area contributed by atoms with Crippen LogP contribution in [0.1, 0.15) is 170 Å². The maximum absolute atomic E-state index is 14.3. The van der Waals surface area contributed by atoms with E-state index in [4.69, 9.17) is 65.5 Å². The number of nitrogens with zero attached hydrogens (tertiary/aromatic N) is 2. The summed E-state index contributed by atoms with van der Waals surface area (Å²) in [7, 11) is 4.64. The van der Waals surface area contributed by atoms with E-state index in [-0.39, 0.29) is 119 Å². The number of nitrogens with two attached hydrogens (primary N) is 3. The summed E-state index contributed by atoms with van der Waals surface area (Å²) in [5.74, 6) is -13.9. The fourth-order valence-electron chi connectivity index (χ4n) is 15.0. The van der Waals surface area contributed by atoms with E-state index in [0.29, 0.717) is 0 Å². The van der Waals surface area contributed by atoms with Gasteiger partial charge in [0.25, 0.3) is 11.8 Å². The second-order valence-corrected chi connectivity index (χ2v) is 31.8. The molecule has 23 N–H and O–H groups in total. The van der Waals surface area contributed by atoms with Gasteiger partial charge in [0.15, 0.2) is 37.4 Å². The third-order valence-electron chi connectivity index (χ3n) is 21.2. The number of aliphatic hydroxyl groups excluding tert-OH is 4. The molecule has 43 heteroatoms. The highest BCUT2D eigenvalue weighted by Crippen LogP contribution is 2.55. The summed E-state index contributed by atoms with van der Waals surface area (Å²) in [6.45, 7) is -2.04. The average Bonchev–Trinajstić information content (AvgIpc) is 0.714. The van der Waals surface area contributed by atoms with E-state index in [9.17, 15) is 104 Å². The van der Waals surface area contributed by atoms with Crippen LogP contribution in [0.25, 0.3) is 0 Å². The summed E-state index contributed by atoms with van der Waals surface area (Å²) in [6.07, 6.45) is -13.4. The molecule has 2 heterocycles. The first-order valence-corrected chi connectivity index (χ1v) is 40.1. The van der Waals surface area contributed by atoms with Gasteiger partial charge in [0.2, 0.25) is 29.3 Å². The number of ether oxygens (including phenoxy) is 6. The van der Waals surface area contributed by atoms with Crippen LogP contribution in [0.3, 0.4) is 0 Å². The van der Waals surface area contributed by atoms with Gasteiger partial charge in [0, 0.05) is 115 Å². The SMILES string of the molecule is COc1cccc2c1C(=O)c1c(O)c3c(c(O)c1C2=O)C[C@@](O)(/C(CO)=N/OCC(=O)NCCCC[C@H](NC(=O)CO/N=C(\CO)[C@]1(O)Cc2c(O)c4c(c(O)c2[C@@H](O[C@H]2C[C@H](N)[C@H](O)[C@H](C)O2)C1)C(=O)c1c(OC)cccc1C4=O)C(=O)NCCSSC[C@H](NC(=O)CC[C@@H](N)C(=O)O)C(=O)NCC(=O)O)C[C@@H]3O[C@H]1C[C@H](N)[C@H](O)[C@H](C)O1. The van der Waals surface area contributed by atoms with Gasteiger partial charge in [0.1, 0.15) is 81.8 Å². The van der Waals surface area contributed by atoms with Gasteiger partial charge < -0.3 is 143 Å². The summed E-state index contributed by atoms with van der Waals surface area (Å²) in [6, 6.07) is 2.43. The second kappa shape index (κ2) is 39.3. The zero-order valence-corrected chi connectivity index (χ0v) is 66.3. The summed E-state index contributed by atoms with van der Waals surface area (Å²) in [4.78, 5) is 157. The molecule has 119 heavy (non-hydrogen) atoms. The number of unbranched alkanes of at least 4 members (excludes halogenated alkanes) is 1. The van der Waals surface area contributed by atoms with Gasteiger partial charge in [-0.3, -0.25) is 52.7 Å². The van der Waals surface area contributed by atoms with Crippen molar-refractivity contribution < 1.29 is 152 Å². The molecule has 0 spiro atoms. The maximum atomic E-state index is 14.3. The molecule has 10 rings (SSSR count). The predicted molar refractivity (Wildman–Crippen MR) is 414 cm³/mol. The van der Waals surface area contributed by atoms with Crippen LogP contribution in [0.4, 0.5) is 0 Å². The molecule has 2 fully saturated rings. The van der Waals surface area contributed by atoms with Crippen LogP contribution in [-0.4, -0.2) is 288 Å². The first-order valence-electron chi connectivity index (χ1n) is 37.7.